The summed E-state index contributed by atoms with van der Waals surface area (Å²) in [4.78, 5) is 79.3. The summed E-state index contributed by atoms with van der Waals surface area (Å²) in [7, 11) is 0. The van der Waals surface area contributed by atoms with Crippen LogP contribution in [0.5, 0.6) is 0 Å². The van der Waals surface area contributed by atoms with E-state index in [0.717, 1.165) is 23.8 Å². The van der Waals surface area contributed by atoms with Gasteiger partial charge in [0.25, 0.3) is 0 Å². The third kappa shape index (κ3) is 15.1. The second-order valence-electron chi connectivity index (χ2n) is 19.0. The van der Waals surface area contributed by atoms with Gasteiger partial charge >= 0.3 is 5.97 Å². The molecule has 65 heavy (non-hydrogen) atoms. The average molecular weight is 907 g/mol. The van der Waals surface area contributed by atoms with E-state index in [1.165, 1.54) is 11.8 Å². The molecule has 0 radical (unpaired) electrons. The van der Waals surface area contributed by atoms with Crippen molar-refractivity contribution in [2.45, 2.75) is 113 Å². The Balaban J connectivity index is 1.69. The van der Waals surface area contributed by atoms with Gasteiger partial charge in [-0.05, 0) is 71.8 Å². The number of nitrogens with one attached hydrogen (secondary N) is 4. The minimum Gasteiger partial charge on any atom is -0.481 e. The second kappa shape index (κ2) is 23.3. The van der Waals surface area contributed by atoms with Crippen LogP contribution < -0.4 is 21.3 Å². The van der Waals surface area contributed by atoms with Gasteiger partial charge in [-0.2, -0.15) is 0 Å². The maximum Gasteiger partial charge on any atom is 0.303 e. The van der Waals surface area contributed by atoms with Gasteiger partial charge in [0.15, 0.2) is 0 Å². The van der Waals surface area contributed by atoms with Gasteiger partial charge in [-0.1, -0.05) is 91.8 Å². The number of hydrogen-bond donors (Lipinski definition) is 6. The molecule has 1 aromatic heterocycles. The quantitative estimate of drug-likeness (QED) is 0.0456. The fourth-order valence-electron chi connectivity index (χ4n) is 7.92. The molecule has 3 rings (SSSR count). The minimum atomic E-state index is -1.07. The van der Waals surface area contributed by atoms with E-state index in [4.69, 9.17) is 0 Å². The molecule has 356 valence electrons. The number of halogens is 2. The highest BCUT2D eigenvalue weighted by molar-refractivity contribution is 5.93. The molecule has 0 bridgehead atoms. The Bertz CT molecular complexity index is 2150. The number of amides is 5. The molecule has 2 aromatic carbocycles. The summed E-state index contributed by atoms with van der Waals surface area (Å²) in [6.45, 7) is 19.1. The molecular formula is C49H68F2N6O8. The van der Waals surface area contributed by atoms with E-state index in [1.54, 1.807) is 39.1 Å². The molecule has 0 aliphatic heterocycles. The number of carbonyl (C=O) groups excluding carboxylic acids is 5. The van der Waals surface area contributed by atoms with Crippen molar-refractivity contribution in [1.29, 1.82) is 0 Å². The molecule has 4 atom stereocenters. The Morgan fingerprint density at radius 2 is 1.52 bits per heavy atom. The van der Waals surface area contributed by atoms with Gasteiger partial charge in [0.1, 0.15) is 30.3 Å². The predicted molar refractivity (Wildman–Crippen MR) is 245 cm³/mol. The highest BCUT2D eigenvalue weighted by Gasteiger charge is 2.43. The van der Waals surface area contributed by atoms with Crippen LogP contribution in [0.1, 0.15) is 105 Å². The summed E-state index contributed by atoms with van der Waals surface area (Å²) in [6, 6.07) is 11.7. The van der Waals surface area contributed by atoms with Crippen LogP contribution in [0.4, 0.5) is 8.78 Å². The first-order valence-electron chi connectivity index (χ1n) is 21.9. The standard InChI is InChI=1S/C49H68F2N6O8/c1-11-20-48(8,9)49(10,26-42(62)63)25-39(59)53-27-40(60)55-43(31(2)3)46(65)54-32(4)45(64)52-21-15-22-57(41(61)30-58)44(47(5,6)7)38-23-34(36-24-35(50)18-19-37(36)51)29-56(38)28-33-16-13-12-14-17-33/h11-14,16-19,23-24,29,31-32,43-44,58H,1,15,20-22,25-28,30H2,2-10H3,(H,52,64)(H,53,59)(H,54,65)(H,55,60)(H,62,63)/t32-,43-,44-,49?/m0/s1. The molecule has 0 aliphatic carbocycles. The Morgan fingerprint density at radius 1 is 0.862 bits per heavy atom. The average Bonchev–Trinajstić information content (AvgIpc) is 3.61. The lowest BCUT2D eigenvalue weighted by atomic mass is 9.61. The number of carbonyl (C=O) groups is 6. The lowest BCUT2D eigenvalue weighted by Crippen LogP contribution is -2.55. The molecule has 1 unspecified atom stereocenters. The van der Waals surface area contributed by atoms with E-state index in [-0.39, 0.29) is 37.9 Å². The molecule has 0 fully saturated rings. The molecule has 1 heterocycles. The molecule has 0 saturated heterocycles. The van der Waals surface area contributed by atoms with Gasteiger partial charge in [-0.15, -0.1) is 6.58 Å². The Kier molecular flexibility index (Phi) is 19.2. The van der Waals surface area contributed by atoms with E-state index in [1.807, 2.05) is 69.5 Å². The fourth-order valence-corrected chi connectivity index (χ4v) is 7.92. The molecule has 3 aromatic rings. The summed E-state index contributed by atoms with van der Waals surface area (Å²) < 4.78 is 31.4. The zero-order chi connectivity index (χ0) is 48.9. The van der Waals surface area contributed by atoms with Gasteiger partial charge in [0, 0.05) is 49.1 Å². The van der Waals surface area contributed by atoms with Crippen LogP contribution in [0, 0.1) is 33.8 Å². The smallest absolute Gasteiger partial charge is 0.303 e. The number of benzene rings is 2. The van der Waals surface area contributed by atoms with Crippen molar-refractivity contribution < 1.29 is 47.8 Å². The van der Waals surface area contributed by atoms with Crippen molar-refractivity contribution in [1.82, 2.24) is 30.7 Å². The SMILES string of the molecule is C=CCC(C)(C)C(C)(CC(=O)O)CC(=O)NCC(=O)N[C@H](C(=O)N[C@@H](C)C(=O)NCCCN(C(=O)CO)[C@@H](c1cc(-c2cc(F)ccc2F)cn1Cc1ccccc1)C(C)(C)C)C(C)C. The summed E-state index contributed by atoms with van der Waals surface area (Å²) in [5.74, 6) is -5.62. The number of carboxylic acids is 1. The number of rotatable bonds is 24. The van der Waals surface area contributed by atoms with Crippen LogP contribution in [0.15, 0.2) is 73.4 Å². The number of aromatic nitrogens is 1. The number of aliphatic hydroxyl groups excluding tert-OH is 1. The first kappa shape index (κ1) is 53.4. The Hall–Kier alpha value is -5.90. The van der Waals surface area contributed by atoms with E-state index in [9.17, 15) is 43.4 Å². The monoisotopic (exact) mass is 907 g/mol. The zero-order valence-corrected chi connectivity index (χ0v) is 39.2. The highest BCUT2D eigenvalue weighted by atomic mass is 19.1. The van der Waals surface area contributed by atoms with Crippen LogP contribution in [-0.2, 0) is 35.3 Å². The normalized spacial score (nSPS) is 14.0. The van der Waals surface area contributed by atoms with Crippen molar-refractivity contribution >= 4 is 35.5 Å². The lowest BCUT2D eigenvalue weighted by Gasteiger charge is -2.43. The van der Waals surface area contributed by atoms with Crippen LogP contribution in [-0.4, -0.2) is 93.5 Å². The van der Waals surface area contributed by atoms with Crippen LogP contribution in [0.3, 0.4) is 0 Å². The third-order valence-corrected chi connectivity index (χ3v) is 12.0. The molecule has 0 saturated carbocycles. The van der Waals surface area contributed by atoms with Crippen molar-refractivity contribution in [2.24, 2.45) is 22.2 Å². The number of nitrogens with zero attached hydrogens (tertiary/aromatic N) is 2. The number of aliphatic carboxylic acids is 1. The molecule has 0 aliphatic rings. The maximum absolute atomic E-state index is 15.1. The second-order valence-corrected chi connectivity index (χ2v) is 19.0. The Morgan fingerprint density at radius 3 is 2.11 bits per heavy atom. The molecule has 16 heteroatoms. The zero-order valence-electron chi connectivity index (χ0n) is 39.2. The summed E-state index contributed by atoms with van der Waals surface area (Å²) in [5, 5.41) is 30.3. The molecule has 14 nitrogen and oxygen atoms in total. The summed E-state index contributed by atoms with van der Waals surface area (Å²) in [5.41, 5.74) is -0.176. The van der Waals surface area contributed by atoms with E-state index < -0.39 is 101 Å². The van der Waals surface area contributed by atoms with E-state index in [2.05, 4.69) is 27.8 Å². The van der Waals surface area contributed by atoms with Gasteiger partial charge in [-0.3, -0.25) is 28.8 Å². The molecule has 6 N–H and O–H groups in total. The van der Waals surface area contributed by atoms with E-state index in [0.29, 0.717) is 24.2 Å². The third-order valence-electron chi connectivity index (χ3n) is 12.0. The first-order chi connectivity index (χ1) is 30.3. The van der Waals surface area contributed by atoms with Crippen LogP contribution in [0.2, 0.25) is 0 Å². The molecular weight excluding hydrogens is 839 g/mol. The fraction of sp³-hybridized carbons (Fsp3) is 0.510. The highest BCUT2D eigenvalue weighted by Crippen LogP contribution is 2.47. The summed E-state index contributed by atoms with van der Waals surface area (Å²) >= 11 is 0. The van der Waals surface area contributed by atoms with Gasteiger partial charge in [-0.25, -0.2) is 8.78 Å². The van der Waals surface area contributed by atoms with Crippen LogP contribution in [0.25, 0.3) is 11.1 Å². The molecule has 0 spiro atoms. The summed E-state index contributed by atoms with van der Waals surface area (Å²) in [6.07, 6.45) is 3.66. The number of carboxylic acid groups (broad SMARTS) is 1. The lowest BCUT2D eigenvalue weighted by molar-refractivity contribution is -0.143. The largest absolute Gasteiger partial charge is 0.481 e. The van der Waals surface area contributed by atoms with Gasteiger partial charge in [0.2, 0.25) is 29.5 Å². The van der Waals surface area contributed by atoms with Crippen molar-refractivity contribution in [3.05, 3.63) is 96.3 Å². The number of allylic oxidation sites excluding steroid dienone is 1. The maximum atomic E-state index is 15.1. The van der Waals surface area contributed by atoms with Crippen molar-refractivity contribution in [3.63, 3.8) is 0 Å². The van der Waals surface area contributed by atoms with Crippen molar-refractivity contribution in [2.75, 3.05) is 26.2 Å². The van der Waals surface area contributed by atoms with Gasteiger partial charge < -0.3 is 40.9 Å². The Labute approximate surface area is 381 Å². The predicted octanol–water partition coefficient (Wildman–Crippen LogP) is 6.13. The topological polar surface area (TPSA) is 199 Å². The van der Waals surface area contributed by atoms with E-state index >= 15 is 4.39 Å². The number of aliphatic hydroxyl groups is 1. The van der Waals surface area contributed by atoms with Crippen molar-refractivity contribution in [3.8, 4) is 11.1 Å². The first-order valence-corrected chi connectivity index (χ1v) is 21.9. The van der Waals surface area contributed by atoms with Gasteiger partial charge in [0.05, 0.1) is 19.0 Å². The molecule has 5 amide bonds. The minimum absolute atomic E-state index is 0.0547. The van der Waals surface area contributed by atoms with Crippen LogP contribution >= 0.6 is 0 Å². The number of hydrogen-bond acceptors (Lipinski definition) is 7.